The molecule has 0 amide bonds. The molecule has 0 radical (unpaired) electrons. The van der Waals surface area contributed by atoms with Crippen LogP contribution in [0.15, 0.2) is 182 Å². The zero-order chi connectivity index (χ0) is 43.0. The second-order valence-corrected chi connectivity index (χ2v) is 17.2. The van der Waals surface area contributed by atoms with E-state index < -0.39 is 0 Å². The van der Waals surface area contributed by atoms with Crippen LogP contribution in [0.4, 0.5) is 11.4 Å². The van der Waals surface area contributed by atoms with Gasteiger partial charge in [-0.2, -0.15) is 0 Å². The van der Waals surface area contributed by atoms with E-state index in [0.29, 0.717) is 0 Å². The zero-order valence-corrected chi connectivity index (χ0v) is 37.0. The van der Waals surface area contributed by atoms with E-state index >= 15 is 0 Å². The molecule has 0 N–H and O–H groups in total. The minimum absolute atomic E-state index is 0.800. The lowest BCUT2D eigenvalue weighted by atomic mass is 9.87. The van der Waals surface area contributed by atoms with Gasteiger partial charge in [-0.3, -0.25) is 0 Å². The molecular formula is C61H54N2. The summed E-state index contributed by atoms with van der Waals surface area (Å²) in [5.41, 5.74) is 23.0. The first-order valence-corrected chi connectivity index (χ1v) is 22.6. The van der Waals surface area contributed by atoms with Gasteiger partial charge in [0.25, 0.3) is 0 Å². The van der Waals surface area contributed by atoms with Crippen molar-refractivity contribution in [2.75, 3.05) is 4.90 Å². The summed E-state index contributed by atoms with van der Waals surface area (Å²) in [7, 11) is 0. The van der Waals surface area contributed by atoms with Gasteiger partial charge in [0.15, 0.2) is 0 Å². The maximum Gasteiger partial charge on any atom is 0.0572 e. The van der Waals surface area contributed by atoms with Crippen molar-refractivity contribution in [1.29, 1.82) is 0 Å². The Kier molecular flexibility index (Phi) is 10.7. The summed E-state index contributed by atoms with van der Waals surface area (Å²) in [5.74, 6) is 0. The van der Waals surface area contributed by atoms with Gasteiger partial charge in [0.05, 0.1) is 11.2 Å². The molecule has 0 saturated heterocycles. The largest absolute Gasteiger partial charge is 0.314 e. The van der Waals surface area contributed by atoms with Crippen LogP contribution in [0.2, 0.25) is 0 Å². The standard InChI is InChI=1S/C61H54N2/c1-6-14-45-16-8-11-19-53(45)43(5)54-37-27-46-17-9-12-20-55(46)58(54)40-44-25-31-49(32-26-44)62(48-29-22-41(3)23-30-48)50-33-35-51(36-34-50)63-59-39-24-42(4)52(15-7-2)60(59)57-38-28-47-18-10-13-21-56(47)61(57)63/h6-27,29-33,35,37,39H,5,28,34,36,38,40H2,1-4H3/b14-6-,15-7-. The molecule has 2 aliphatic rings. The molecule has 2 nitrogen and oxygen atoms in total. The third-order valence-corrected chi connectivity index (χ3v) is 13.3. The molecule has 63 heavy (non-hydrogen) atoms. The van der Waals surface area contributed by atoms with Gasteiger partial charge < -0.3 is 9.47 Å². The maximum absolute atomic E-state index is 4.70. The topological polar surface area (TPSA) is 8.17 Å². The lowest BCUT2D eigenvalue weighted by molar-refractivity contribution is 0.878. The van der Waals surface area contributed by atoms with Gasteiger partial charge >= 0.3 is 0 Å². The van der Waals surface area contributed by atoms with Crippen LogP contribution in [0, 0.1) is 13.8 Å². The summed E-state index contributed by atoms with van der Waals surface area (Å²) < 4.78 is 2.60. The predicted molar refractivity (Wildman–Crippen MR) is 272 cm³/mol. The maximum atomic E-state index is 4.70. The third-order valence-electron chi connectivity index (χ3n) is 13.3. The van der Waals surface area contributed by atoms with E-state index in [0.717, 1.165) is 48.9 Å². The first-order chi connectivity index (χ1) is 30.9. The van der Waals surface area contributed by atoms with Gasteiger partial charge in [0.1, 0.15) is 0 Å². The molecule has 308 valence electrons. The van der Waals surface area contributed by atoms with Crippen LogP contribution in [-0.4, -0.2) is 4.57 Å². The molecule has 8 aromatic rings. The van der Waals surface area contributed by atoms with E-state index in [1.807, 2.05) is 0 Å². The van der Waals surface area contributed by atoms with Crippen molar-refractivity contribution < 1.29 is 0 Å². The van der Waals surface area contributed by atoms with Gasteiger partial charge in [-0.25, -0.2) is 0 Å². The molecule has 0 saturated carbocycles. The smallest absolute Gasteiger partial charge is 0.0572 e. The molecule has 10 rings (SSSR count). The van der Waals surface area contributed by atoms with Crippen LogP contribution in [0.25, 0.3) is 56.4 Å². The summed E-state index contributed by atoms with van der Waals surface area (Å²) in [6, 6.07) is 53.8. The van der Waals surface area contributed by atoms with E-state index in [4.69, 9.17) is 6.58 Å². The number of hydrogen-bond acceptors (Lipinski definition) is 1. The van der Waals surface area contributed by atoms with Crippen LogP contribution in [-0.2, 0) is 19.3 Å². The number of benzene rings is 7. The average Bonchev–Trinajstić information content (AvgIpc) is 3.66. The molecule has 1 heterocycles. The van der Waals surface area contributed by atoms with Gasteiger partial charge in [-0.15, -0.1) is 0 Å². The number of anilines is 2. The van der Waals surface area contributed by atoms with Gasteiger partial charge in [0.2, 0.25) is 0 Å². The first kappa shape index (κ1) is 39.9. The number of aryl methyl sites for hydroxylation is 4. The molecule has 2 aliphatic carbocycles. The minimum Gasteiger partial charge on any atom is -0.314 e. The van der Waals surface area contributed by atoms with E-state index in [1.165, 1.54) is 100 Å². The van der Waals surface area contributed by atoms with Crippen molar-refractivity contribution in [3.05, 3.63) is 238 Å². The second-order valence-electron chi connectivity index (χ2n) is 17.2. The highest BCUT2D eigenvalue weighted by atomic mass is 15.2. The normalized spacial score (nSPS) is 13.7. The highest BCUT2D eigenvalue weighted by molar-refractivity contribution is 6.02. The Morgan fingerprint density at radius 2 is 1.38 bits per heavy atom. The summed E-state index contributed by atoms with van der Waals surface area (Å²) in [6.45, 7) is 13.3. The molecule has 1 aromatic heterocycles. The fourth-order valence-electron chi connectivity index (χ4n) is 10.2. The third kappa shape index (κ3) is 7.30. The Morgan fingerprint density at radius 1 is 0.651 bits per heavy atom. The lowest BCUT2D eigenvalue weighted by Crippen LogP contribution is -2.19. The number of rotatable bonds is 10. The lowest BCUT2D eigenvalue weighted by Gasteiger charge is -2.31. The average molecular weight is 815 g/mol. The molecule has 2 heteroatoms. The van der Waals surface area contributed by atoms with Crippen molar-refractivity contribution in [2.45, 2.75) is 59.8 Å². The van der Waals surface area contributed by atoms with E-state index in [9.17, 15) is 0 Å². The van der Waals surface area contributed by atoms with Crippen LogP contribution in [0.5, 0.6) is 0 Å². The molecular weight excluding hydrogens is 761 g/mol. The highest BCUT2D eigenvalue weighted by Crippen LogP contribution is 2.46. The molecule has 7 aromatic carbocycles. The van der Waals surface area contributed by atoms with Crippen LogP contribution in [0.1, 0.15) is 82.3 Å². The fourth-order valence-corrected chi connectivity index (χ4v) is 10.2. The van der Waals surface area contributed by atoms with Crippen LogP contribution >= 0.6 is 0 Å². The monoisotopic (exact) mass is 814 g/mol. The Bertz CT molecular complexity index is 3180. The van der Waals surface area contributed by atoms with Gasteiger partial charge in [-0.05, 0) is 169 Å². The molecule has 0 fully saturated rings. The summed E-state index contributed by atoms with van der Waals surface area (Å²) in [5, 5.41) is 3.93. The molecule has 0 bridgehead atoms. The number of allylic oxidation sites excluding steroid dienone is 6. The Labute approximate surface area is 373 Å². The zero-order valence-electron chi connectivity index (χ0n) is 37.0. The highest BCUT2D eigenvalue weighted by Gasteiger charge is 2.28. The van der Waals surface area contributed by atoms with Crippen molar-refractivity contribution in [3.63, 3.8) is 0 Å². The van der Waals surface area contributed by atoms with Crippen molar-refractivity contribution in [2.24, 2.45) is 0 Å². The summed E-state index contributed by atoms with van der Waals surface area (Å²) in [4.78, 5) is 2.46. The van der Waals surface area contributed by atoms with E-state index in [2.05, 4.69) is 219 Å². The van der Waals surface area contributed by atoms with Crippen molar-refractivity contribution in [3.8, 4) is 11.3 Å². The molecule has 0 unspecified atom stereocenters. The minimum atomic E-state index is 0.800. The van der Waals surface area contributed by atoms with E-state index in [1.54, 1.807) is 0 Å². The summed E-state index contributed by atoms with van der Waals surface area (Å²) >= 11 is 0. The quantitative estimate of drug-likeness (QED) is 0.134. The van der Waals surface area contributed by atoms with Gasteiger partial charge in [0, 0.05) is 33.7 Å². The summed E-state index contributed by atoms with van der Waals surface area (Å²) in [6.07, 6.45) is 18.3. The number of fused-ring (bicyclic) bond motifs is 6. The van der Waals surface area contributed by atoms with Crippen molar-refractivity contribution in [1.82, 2.24) is 4.57 Å². The fraction of sp³-hybridized carbons (Fsp3) is 0.148. The van der Waals surface area contributed by atoms with Crippen LogP contribution < -0.4 is 4.90 Å². The Morgan fingerprint density at radius 3 is 2.16 bits per heavy atom. The molecule has 0 atom stereocenters. The predicted octanol–water partition coefficient (Wildman–Crippen LogP) is 16.3. The Balaban J connectivity index is 1.04. The number of nitrogens with zero attached hydrogens (tertiary/aromatic N) is 2. The molecule has 0 aliphatic heterocycles. The molecule has 0 spiro atoms. The first-order valence-electron chi connectivity index (χ1n) is 22.6. The Hall–Kier alpha value is -7.16. The number of aromatic nitrogens is 1. The van der Waals surface area contributed by atoms with Gasteiger partial charge in [-0.1, -0.05) is 152 Å². The SMILES string of the molecule is C=C(c1ccccc1/C=C\C)c1ccc2ccccc2c1Cc1ccc(N(C2=CC=C(n3c4c(c5c(/C=C\C)c(C)ccc53)CCc3ccccc3-4)CC2)c2ccc(C)cc2)cc1. The van der Waals surface area contributed by atoms with E-state index in [-0.39, 0.29) is 0 Å². The second kappa shape index (κ2) is 17.0. The van der Waals surface area contributed by atoms with Crippen LogP contribution in [0.3, 0.4) is 0 Å². The van der Waals surface area contributed by atoms with Crippen molar-refractivity contribution >= 4 is 56.5 Å². The number of hydrogen-bond donors (Lipinski definition) is 0.